The first-order valence-corrected chi connectivity index (χ1v) is 5.01. The van der Waals surface area contributed by atoms with Crippen LogP contribution in [0, 0.1) is 0 Å². The molecule has 2 unspecified atom stereocenters. The first-order chi connectivity index (χ1) is 6.58. The van der Waals surface area contributed by atoms with Gasteiger partial charge in [-0.1, -0.05) is 0 Å². The number of hydrogen-bond donors (Lipinski definition) is 1. The second-order valence-electron chi connectivity index (χ2n) is 4.56. The molecule has 0 radical (unpaired) electrons. The van der Waals surface area contributed by atoms with Gasteiger partial charge in [-0.25, -0.2) is 0 Å². The number of hydrogen-bond acceptors (Lipinski definition) is 3. The molecule has 0 spiro atoms. The zero-order valence-corrected chi connectivity index (χ0v) is 8.91. The van der Waals surface area contributed by atoms with Crippen LogP contribution in [0.25, 0.3) is 0 Å². The van der Waals surface area contributed by atoms with Crippen molar-refractivity contribution in [2.75, 3.05) is 6.61 Å². The Morgan fingerprint density at radius 3 is 2.86 bits per heavy atom. The summed E-state index contributed by atoms with van der Waals surface area (Å²) in [5, 5.41) is 3.51. The van der Waals surface area contributed by atoms with Crippen molar-refractivity contribution in [1.29, 1.82) is 0 Å². The predicted octanol–water partition coefficient (Wildman–Crippen LogP) is 2.11. The molecule has 78 valence electrons. The van der Waals surface area contributed by atoms with E-state index in [1.807, 2.05) is 12.1 Å². The monoisotopic (exact) mass is 195 g/mol. The number of morpholine rings is 1. The molecule has 0 saturated carbocycles. The van der Waals surface area contributed by atoms with Crippen molar-refractivity contribution in [2.24, 2.45) is 0 Å². The standard InChI is InChI=1S/C11H17NO2/c1-8-10(9-5-4-6-13-9)14-7-11(2,3)12-8/h4-6,8,10,12H,7H2,1-3H3. The van der Waals surface area contributed by atoms with Gasteiger partial charge in [-0.15, -0.1) is 0 Å². The summed E-state index contributed by atoms with van der Waals surface area (Å²) in [6.45, 7) is 7.11. The molecule has 2 atom stereocenters. The van der Waals surface area contributed by atoms with Crippen LogP contribution in [0.15, 0.2) is 22.8 Å². The predicted molar refractivity (Wildman–Crippen MR) is 54.1 cm³/mol. The van der Waals surface area contributed by atoms with Gasteiger partial charge < -0.3 is 14.5 Å². The molecular weight excluding hydrogens is 178 g/mol. The molecule has 0 aliphatic carbocycles. The van der Waals surface area contributed by atoms with Crippen molar-refractivity contribution in [3.63, 3.8) is 0 Å². The summed E-state index contributed by atoms with van der Waals surface area (Å²) in [7, 11) is 0. The molecule has 1 saturated heterocycles. The summed E-state index contributed by atoms with van der Waals surface area (Å²) >= 11 is 0. The van der Waals surface area contributed by atoms with Crippen LogP contribution in [-0.4, -0.2) is 18.2 Å². The normalized spacial score (nSPS) is 31.6. The average molecular weight is 195 g/mol. The lowest BCUT2D eigenvalue weighted by Gasteiger charge is -2.39. The minimum Gasteiger partial charge on any atom is -0.467 e. The van der Waals surface area contributed by atoms with Crippen molar-refractivity contribution in [1.82, 2.24) is 5.32 Å². The SMILES string of the molecule is CC1NC(C)(C)COC1c1ccco1. The highest BCUT2D eigenvalue weighted by Crippen LogP contribution is 2.28. The molecule has 0 aromatic carbocycles. The van der Waals surface area contributed by atoms with E-state index < -0.39 is 0 Å². The van der Waals surface area contributed by atoms with Gasteiger partial charge in [0, 0.05) is 11.6 Å². The van der Waals surface area contributed by atoms with Crippen molar-refractivity contribution >= 4 is 0 Å². The van der Waals surface area contributed by atoms with Crippen LogP contribution in [0.5, 0.6) is 0 Å². The maximum absolute atomic E-state index is 5.79. The highest BCUT2D eigenvalue weighted by atomic mass is 16.5. The topological polar surface area (TPSA) is 34.4 Å². The Kier molecular flexibility index (Phi) is 2.37. The number of nitrogens with one attached hydrogen (secondary N) is 1. The summed E-state index contributed by atoms with van der Waals surface area (Å²) in [6.07, 6.45) is 1.73. The van der Waals surface area contributed by atoms with Crippen LogP contribution in [0.1, 0.15) is 32.6 Å². The van der Waals surface area contributed by atoms with Crippen molar-refractivity contribution in [2.45, 2.75) is 38.5 Å². The smallest absolute Gasteiger partial charge is 0.134 e. The van der Waals surface area contributed by atoms with Gasteiger partial charge in [0.25, 0.3) is 0 Å². The summed E-state index contributed by atoms with van der Waals surface area (Å²) in [6, 6.07) is 4.14. The first kappa shape index (κ1) is 9.74. The van der Waals surface area contributed by atoms with E-state index >= 15 is 0 Å². The fourth-order valence-electron chi connectivity index (χ4n) is 1.96. The van der Waals surface area contributed by atoms with Gasteiger partial charge in [0.1, 0.15) is 11.9 Å². The maximum atomic E-state index is 5.79. The van der Waals surface area contributed by atoms with E-state index in [1.165, 1.54) is 0 Å². The molecule has 1 aromatic heterocycles. The van der Waals surface area contributed by atoms with Gasteiger partial charge in [-0.05, 0) is 32.9 Å². The van der Waals surface area contributed by atoms with Gasteiger partial charge in [-0.3, -0.25) is 0 Å². The van der Waals surface area contributed by atoms with Crippen LogP contribution in [0.3, 0.4) is 0 Å². The van der Waals surface area contributed by atoms with Crippen LogP contribution in [-0.2, 0) is 4.74 Å². The fourth-order valence-corrected chi connectivity index (χ4v) is 1.96. The highest BCUT2D eigenvalue weighted by molar-refractivity contribution is 5.07. The molecule has 3 nitrogen and oxygen atoms in total. The zero-order valence-electron chi connectivity index (χ0n) is 8.91. The highest BCUT2D eigenvalue weighted by Gasteiger charge is 2.34. The van der Waals surface area contributed by atoms with E-state index in [-0.39, 0.29) is 17.7 Å². The molecule has 1 aromatic rings. The van der Waals surface area contributed by atoms with Gasteiger partial charge >= 0.3 is 0 Å². The van der Waals surface area contributed by atoms with Crippen molar-refractivity contribution in [3.8, 4) is 0 Å². The third-order valence-corrected chi connectivity index (χ3v) is 2.52. The second kappa shape index (κ2) is 3.41. The summed E-state index contributed by atoms with van der Waals surface area (Å²) in [5.41, 5.74) is 0.0580. The molecule has 0 amide bonds. The lowest BCUT2D eigenvalue weighted by molar-refractivity contribution is -0.0590. The second-order valence-corrected chi connectivity index (χ2v) is 4.56. The minimum absolute atomic E-state index is 0.0398. The summed E-state index contributed by atoms with van der Waals surface area (Å²) < 4.78 is 11.1. The number of furan rings is 1. The van der Waals surface area contributed by atoms with Gasteiger partial charge in [0.15, 0.2) is 0 Å². The van der Waals surface area contributed by atoms with E-state index in [4.69, 9.17) is 9.15 Å². The lowest BCUT2D eigenvalue weighted by atomic mass is 9.99. The molecular formula is C11H17NO2. The van der Waals surface area contributed by atoms with Gasteiger partial charge in [0.05, 0.1) is 12.9 Å². The van der Waals surface area contributed by atoms with E-state index in [9.17, 15) is 0 Å². The molecule has 1 aliphatic heterocycles. The molecule has 0 bridgehead atoms. The fraction of sp³-hybridized carbons (Fsp3) is 0.636. The summed E-state index contributed by atoms with van der Waals surface area (Å²) in [4.78, 5) is 0. The molecule has 1 N–H and O–H groups in total. The third-order valence-electron chi connectivity index (χ3n) is 2.52. The molecule has 1 fully saturated rings. The Hall–Kier alpha value is -0.800. The van der Waals surface area contributed by atoms with Crippen LogP contribution >= 0.6 is 0 Å². The first-order valence-electron chi connectivity index (χ1n) is 5.01. The van der Waals surface area contributed by atoms with Crippen molar-refractivity contribution in [3.05, 3.63) is 24.2 Å². The van der Waals surface area contributed by atoms with E-state index in [0.29, 0.717) is 6.61 Å². The van der Waals surface area contributed by atoms with Crippen LogP contribution in [0.2, 0.25) is 0 Å². The molecule has 2 rings (SSSR count). The van der Waals surface area contributed by atoms with E-state index in [0.717, 1.165) is 5.76 Å². The largest absolute Gasteiger partial charge is 0.467 e. The Bertz CT molecular complexity index is 292. The van der Waals surface area contributed by atoms with Crippen LogP contribution in [0.4, 0.5) is 0 Å². The Labute approximate surface area is 84.4 Å². The Morgan fingerprint density at radius 2 is 2.29 bits per heavy atom. The Balaban J connectivity index is 2.10. The van der Waals surface area contributed by atoms with Crippen LogP contribution < -0.4 is 5.32 Å². The molecule has 1 aliphatic rings. The number of ether oxygens (including phenoxy) is 1. The van der Waals surface area contributed by atoms with Gasteiger partial charge in [-0.2, -0.15) is 0 Å². The summed E-state index contributed by atoms with van der Waals surface area (Å²) in [5.74, 6) is 0.903. The third kappa shape index (κ3) is 1.83. The lowest BCUT2D eigenvalue weighted by Crippen LogP contribution is -2.55. The van der Waals surface area contributed by atoms with E-state index in [2.05, 4.69) is 26.1 Å². The average Bonchev–Trinajstić information content (AvgIpc) is 2.54. The molecule has 3 heteroatoms. The van der Waals surface area contributed by atoms with E-state index in [1.54, 1.807) is 6.26 Å². The quantitative estimate of drug-likeness (QED) is 0.745. The number of rotatable bonds is 1. The maximum Gasteiger partial charge on any atom is 0.134 e. The minimum atomic E-state index is 0.0398. The zero-order chi connectivity index (χ0) is 10.2. The molecule has 2 heterocycles. The van der Waals surface area contributed by atoms with Gasteiger partial charge in [0.2, 0.25) is 0 Å². The van der Waals surface area contributed by atoms with Crippen molar-refractivity contribution < 1.29 is 9.15 Å². The molecule has 14 heavy (non-hydrogen) atoms. The Morgan fingerprint density at radius 1 is 1.50 bits per heavy atom.